The molecule has 1 N–H and O–H groups in total. The molecule has 128 valence electrons. The molecule has 1 aliphatic rings. The largest absolute Gasteiger partial charge is 0.454 e. The lowest BCUT2D eigenvalue weighted by molar-refractivity contribution is -0.385. The molecule has 2 aromatic carbocycles. The number of hydrazone groups is 1. The summed E-state index contributed by atoms with van der Waals surface area (Å²) in [6.07, 6.45) is 1.16. The Labute approximate surface area is 141 Å². The van der Waals surface area contributed by atoms with Crippen molar-refractivity contribution in [2.24, 2.45) is 5.10 Å². The van der Waals surface area contributed by atoms with Gasteiger partial charge in [-0.1, -0.05) is 12.1 Å². The molecule has 0 spiro atoms. The molecule has 0 saturated carbocycles. The monoisotopic (exact) mass is 345 g/mol. The molecule has 25 heavy (non-hydrogen) atoms. The highest BCUT2D eigenvalue weighted by Crippen LogP contribution is 2.37. The van der Waals surface area contributed by atoms with E-state index in [9.17, 15) is 19.3 Å². The maximum Gasteiger partial charge on any atom is 0.282 e. The third kappa shape index (κ3) is 3.89. The lowest BCUT2D eigenvalue weighted by Gasteiger charge is -2.02. The highest BCUT2D eigenvalue weighted by Gasteiger charge is 2.22. The number of carbonyl (C=O) groups is 1. The number of fused-ring (bicyclic) bond motifs is 1. The summed E-state index contributed by atoms with van der Waals surface area (Å²) in [4.78, 5) is 22.3. The molecule has 0 unspecified atom stereocenters. The average molecular weight is 345 g/mol. The summed E-state index contributed by atoms with van der Waals surface area (Å²) in [5, 5.41) is 14.8. The van der Waals surface area contributed by atoms with E-state index in [0.29, 0.717) is 11.3 Å². The van der Waals surface area contributed by atoms with Crippen molar-refractivity contribution in [1.82, 2.24) is 5.43 Å². The van der Waals surface area contributed by atoms with Crippen LogP contribution in [0.2, 0.25) is 0 Å². The lowest BCUT2D eigenvalue weighted by Crippen LogP contribution is -2.19. The number of rotatable bonds is 5. The van der Waals surface area contributed by atoms with Gasteiger partial charge in [0.05, 0.1) is 29.2 Å². The number of nitro groups is 1. The Morgan fingerprint density at radius 3 is 2.64 bits per heavy atom. The third-order valence-electron chi connectivity index (χ3n) is 3.39. The number of hydrogen-bond donors (Lipinski definition) is 1. The van der Waals surface area contributed by atoms with Crippen molar-refractivity contribution in [2.75, 3.05) is 6.79 Å². The lowest BCUT2D eigenvalue weighted by atomic mass is 10.1. The molecule has 1 aliphatic heterocycles. The number of carbonyl (C=O) groups excluding carboxylic acids is 1. The molecule has 8 nitrogen and oxygen atoms in total. The molecular formula is C16H12FN3O5. The van der Waals surface area contributed by atoms with Gasteiger partial charge in [0.15, 0.2) is 11.5 Å². The molecule has 0 fully saturated rings. The zero-order chi connectivity index (χ0) is 17.8. The number of nitrogens with one attached hydrogen (secondary N) is 1. The number of ether oxygens (including phenoxy) is 2. The van der Waals surface area contributed by atoms with Crippen LogP contribution in [0.4, 0.5) is 10.1 Å². The van der Waals surface area contributed by atoms with E-state index in [1.807, 2.05) is 0 Å². The first-order valence-electron chi connectivity index (χ1n) is 7.17. The van der Waals surface area contributed by atoms with Crippen LogP contribution in [0, 0.1) is 15.9 Å². The first-order valence-corrected chi connectivity index (χ1v) is 7.17. The standard InChI is InChI=1S/C16H12FN3O5/c17-12-3-1-10(2-4-12)5-16(21)19-18-8-11-6-14-15(25-9-24-14)7-13(11)20(22)23/h1-4,6-8H,5,9H2,(H,19,21)/b18-8+. The van der Waals surface area contributed by atoms with Crippen molar-refractivity contribution in [1.29, 1.82) is 0 Å². The Morgan fingerprint density at radius 2 is 1.96 bits per heavy atom. The molecule has 0 atom stereocenters. The van der Waals surface area contributed by atoms with Crippen molar-refractivity contribution < 1.29 is 23.6 Å². The normalized spacial score (nSPS) is 12.4. The number of hydrogen-bond acceptors (Lipinski definition) is 6. The van der Waals surface area contributed by atoms with Crippen LogP contribution in [0.1, 0.15) is 11.1 Å². The fraction of sp³-hybridized carbons (Fsp3) is 0.125. The molecule has 0 radical (unpaired) electrons. The van der Waals surface area contributed by atoms with E-state index in [1.165, 1.54) is 36.4 Å². The molecule has 2 aromatic rings. The number of halogens is 1. The van der Waals surface area contributed by atoms with E-state index in [2.05, 4.69) is 10.5 Å². The van der Waals surface area contributed by atoms with Crippen LogP contribution in [0.5, 0.6) is 11.5 Å². The highest BCUT2D eigenvalue weighted by molar-refractivity contribution is 5.88. The quantitative estimate of drug-likeness (QED) is 0.508. The minimum absolute atomic E-state index is 0.000845. The van der Waals surface area contributed by atoms with E-state index in [-0.39, 0.29) is 30.2 Å². The van der Waals surface area contributed by atoms with Crippen LogP contribution in [0.25, 0.3) is 0 Å². The van der Waals surface area contributed by atoms with E-state index >= 15 is 0 Å². The Kier molecular flexibility index (Phi) is 4.55. The van der Waals surface area contributed by atoms with Crippen molar-refractivity contribution in [3.8, 4) is 11.5 Å². The zero-order valence-corrected chi connectivity index (χ0v) is 12.8. The maximum absolute atomic E-state index is 12.8. The van der Waals surface area contributed by atoms with Crippen LogP contribution < -0.4 is 14.9 Å². The van der Waals surface area contributed by atoms with Crippen LogP contribution >= 0.6 is 0 Å². The molecule has 9 heteroatoms. The number of amides is 1. The number of benzene rings is 2. The Morgan fingerprint density at radius 1 is 1.28 bits per heavy atom. The molecule has 3 rings (SSSR count). The van der Waals surface area contributed by atoms with Crippen molar-refractivity contribution in [3.63, 3.8) is 0 Å². The van der Waals surface area contributed by atoms with E-state index in [4.69, 9.17) is 9.47 Å². The van der Waals surface area contributed by atoms with Gasteiger partial charge in [0.2, 0.25) is 12.7 Å². The predicted octanol–water partition coefficient (Wildman–Crippen LogP) is 2.16. The van der Waals surface area contributed by atoms with E-state index < -0.39 is 16.6 Å². The maximum atomic E-state index is 12.8. The average Bonchev–Trinajstić information content (AvgIpc) is 3.03. The second-order valence-electron chi connectivity index (χ2n) is 5.12. The molecule has 0 bridgehead atoms. The minimum Gasteiger partial charge on any atom is -0.454 e. The fourth-order valence-corrected chi connectivity index (χ4v) is 2.21. The Balaban J connectivity index is 1.68. The SMILES string of the molecule is O=C(Cc1ccc(F)cc1)N/N=C/c1cc2c(cc1[N+](=O)[O-])OCO2. The molecule has 0 aliphatic carbocycles. The first-order chi connectivity index (χ1) is 12.0. The van der Waals surface area contributed by atoms with Crippen LogP contribution in [0.15, 0.2) is 41.5 Å². The molecule has 0 aromatic heterocycles. The van der Waals surface area contributed by atoms with Gasteiger partial charge in [0, 0.05) is 0 Å². The van der Waals surface area contributed by atoms with Gasteiger partial charge in [0.25, 0.3) is 5.69 Å². The summed E-state index contributed by atoms with van der Waals surface area (Å²) < 4.78 is 23.1. The molecule has 1 heterocycles. The van der Waals surface area contributed by atoms with E-state index in [0.717, 1.165) is 6.21 Å². The number of nitro benzene ring substituents is 1. The summed E-state index contributed by atoms with van der Waals surface area (Å²) in [7, 11) is 0. The summed E-state index contributed by atoms with van der Waals surface area (Å²) in [6.45, 7) is -0.0124. The van der Waals surface area contributed by atoms with Crippen LogP contribution in [-0.4, -0.2) is 23.8 Å². The predicted molar refractivity (Wildman–Crippen MR) is 85.1 cm³/mol. The van der Waals surface area contributed by atoms with Gasteiger partial charge < -0.3 is 9.47 Å². The van der Waals surface area contributed by atoms with Crippen molar-refractivity contribution in [2.45, 2.75) is 6.42 Å². The Hall–Kier alpha value is -3.49. The van der Waals surface area contributed by atoms with Crippen LogP contribution in [0.3, 0.4) is 0 Å². The summed E-state index contributed by atoms with van der Waals surface area (Å²) >= 11 is 0. The van der Waals surface area contributed by atoms with Gasteiger partial charge in [-0.3, -0.25) is 14.9 Å². The van der Waals surface area contributed by atoms with Gasteiger partial charge in [-0.05, 0) is 23.8 Å². The van der Waals surface area contributed by atoms with Gasteiger partial charge in [0.1, 0.15) is 5.82 Å². The second-order valence-corrected chi connectivity index (χ2v) is 5.12. The summed E-state index contributed by atoms with van der Waals surface area (Å²) in [5.41, 5.74) is 2.83. The van der Waals surface area contributed by atoms with Gasteiger partial charge in [-0.15, -0.1) is 0 Å². The Bertz CT molecular complexity index is 852. The topological polar surface area (TPSA) is 103 Å². The summed E-state index contributed by atoms with van der Waals surface area (Å²) in [5.74, 6) is -0.183. The smallest absolute Gasteiger partial charge is 0.282 e. The molecule has 0 saturated heterocycles. The van der Waals surface area contributed by atoms with Gasteiger partial charge in [-0.2, -0.15) is 5.10 Å². The summed E-state index contributed by atoms with van der Waals surface area (Å²) in [6, 6.07) is 8.13. The fourth-order valence-electron chi connectivity index (χ4n) is 2.21. The van der Waals surface area contributed by atoms with Crippen LogP contribution in [-0.2, 0) is 11.2 Å². The third-order valence-corrected chi connectivity index (χ3v) is 3.39. The number of nitrogens with zero attached hydrogens (tertiary/aromatic N) is 2. The van der Waals surface area contributed by atoms with E-state index in [1.54, 1.807) is 0 Å². The highest BCUT2D eigenvalue weighted by atomic mass is 19.1. The zero-order valence-electron chi connectivity index (χ0n) is 12.8. The van der Waals surface area contributed by atoms with Gasteiger partial charge >= 0.3 is 0 Å². The van der Waals surface area contributed by atoms with Gasteiger partial charge in [-0.25, -0.2) is 9.82 Å². The van der Waals surface area contributed by atoms with Crippen molar-refractivity contribution in [3.05, 3.63) is 63.5 Å². The minimum atomic E-state index is -0.580. The first kappa shape index (κ1) is 16.4. The molecular weight excluding hydrogens is 333 g/mol. The second kappa shape index (κ2) is 6.95. The van der Waals surface area contributed by atoms with Crippen molar-refractivity contribution >= 4 is 17.8 Å². The molecule has 1 amide bonds.